The number of hydrogen-bond acceptors (Lipinski definition) is 6. The normalized spacial score (nSPS) is 12.3. The Morgan fingerprint density at radius 1 is 0.944 bits per heavy atom. The molecule has 0 saturated carbocycles. The molecule has 0 aliphatic heterocycles. The molecule has 1 aromatic carbocycles. The Hall–Kier alpha value is -1.12. The summed E-state index contributed by atoms with van der Waals surface area (Å²) >= 11 is 0. The van der Waals surface area contributed by atoms with Crippen LogP contribution in [0.25, 0.3) is 0 Å². The van der Waals surface area contributed by atoms with Crippen LogP contribution in [0.2, 0.25) is 0 Å². The summed E-state index contributed by atoms with van der Waals surface area (Å²) in [4.78, 5) is 0.197. The van der Waals surface area contributed by atoms with Crippen molar-refractivity contribution >= 4 is 20.0 Å². The zero-order valence-corrected chi connectivity index (χ0v) is 11.6. The topological polar surface area (TPSA) is 86.7 Å². The van der Waals surface area contributed by atoms with Gasteiger partial charge in [-0.05, 0) is 24.3 Å². The Kier molecular flexibility index (Phi) is 4.71. The van der Waals surface area contributed by atoms with E-state index in [1.807, 2.05) is 0 Å². The van der Waals surface area contributed by atoms with Crippen LogP contribution in [0, 0.1) is 0 Å². The fourth-order valence-electron chi connectivity index (χ4n) is 1.13. The molecular weight excluding hydrogens is 280 g/mol. The monoisotopic (exact) mass is 294 g/mol. The Morgan fingerprint density at radius 3 is 1.94 bits per heavy atom. The van der Waals surface area contributed by atoms with Crippen LogP contribution in [0.5, 0.6) is 5.75 Å². The number of sulfone groups is 1. The van der Waals surface area contributed by atoms with Crippen LogP contribution in [0.1, 0.15) is 0 Å². The van der Waals surface area contributed by atoms with Crippen molar-refractivity contribution in [1.29, 1.82) is 0 Å². The summed E-state index contributed by atoms with van der Waals surface area (Å²) in [5.74, 6) is 0.444. The summed E-state index contributed by atoms with van der Waals surface area (Å²) in [6.45, 7) is -0.0298. The number of ether oxygens (including phenoxy) is 1. The lowest BCUT2D eigenvalue weighted by atomic mass is 10.3. The standard InChI is InChI=1S/C10H14O6S2/c1-17(11,12)10-5-3-9(4-6-10)15-7-8-16-18(2,13)14/h3-6H,7-8H2,1-2H3. The smallest absolute Gasteiger partial charge is 0.264 e. The molecule has 0 radical (unpaired) electrons. The second kappa shape index (κ2) is 5.68. The highest BCUT2D eigenvalue weighted by Gasteiger charge is 2.06. The van der Waals surface area contributed by atoms with Crippen molar-refractivity contribution < 1.29 is 25.8 Å². The molecule has 0 aliphatic carbocycles. The number of benzene rings is 1. The molecular formula is C10H14O6S2. The summed E-state index contributed by atoms with van der Waals surface area (Å²) in [5.41, 5.74) is 0. The lowest BCUT2D eigenvalue weighted by Crippen LogP contribution is -2.11. The maximum atomic E-state index is 11.2. The lowest BCUT2D eigenvalue weighted by molar-refractivity contribution is 0.222. The highest BCUT2D eigenvalue weighted by Crippen LogP contribution is 2.15. The molecule has 1 rings (SSSR count). The summed E-state index contributed by atoms with van der Waals surface area (Å²) in [6.07, 6.45) is 2.07. The van der Waals surface area contributed by atoms with E-state index >= 15 is 0 Å². The van der Waals surface area contributed by atoms with Crippen LogP contribution in [-0.2, 0) is 24.1 Å². The first-order chi connectivity index (χ1) is 8.18. The van der Waals surface area contributed by atoms with Gasteiger partial charge in [-0.2, -0.15) is 8.42 Å². The van der Waals surface area contributed by atoms with E-state index in [0.29, 0.717) is 5.75 Å². The number of hydrogen-bond donors (Lipinski definition) is 0. The third-order valence-corrected chi connectivity index (χ3v) is 3.62. The zero-order valence-electron chi connectivity index (χ0n) is 9.99. The van der Waals surface area contributed by atoms with E-state index in [-0.39, 0.29) is 18.1 Å². The van der Waals surface area contributed by atoms with Gasteiger partial charge in [-0.1, -0.05) is 0 Å². The molecule has 18 heavy (non-hydrogen) atoms. The van der Waals surface area contributed by atoms with Crippen molar-refractivity contribution in [2.75, 3.05) is 25.7 Å². The molecule has 0 aromatic heterocycles. The van der Waals surface area contributed by atoms with E-state index in [1.165, 1.54) is 24.3 Å². The molecule has 0 bridgehead atoms. The summed E-state index contributed by atoms with van der Waals surface area (Å²) in [7, 11) is -6.69. The molecule has 102 valence electrons. The first-order valence-corrected chi connectivity index (χ1v) is 8.66. The van der Waals surface area contributed by atoms with Crippen molar-refractivity contribution in [3.05, 3.63) is 24.3 Å². The second-order valence-corrected chi connectivity index (χ2v) is 7.28. The summed E-state index contributed by atoms with van der Waals surface area (Å²) < 4.78 is 53.3. The van der Waals surface area contributed by atoms with Gasteiger partial charge < -0.3 is 4.74 Å². The molecule has 0 N–H and O–H groups in total. The molecule has 6 nitrogen and oxygen atoms in total. The van der Waals surface area contributed by atoms with Gasteiger partial charge >= 0.3 is 0 Å². The average molecular weight is 294 g/mol. The molecule has 0 fully saturated rings. The van der Waals surface area contributed by atoms with Crippen molar-refractivity contribution in [2.45, 2.75) is 4.90 Å². The van der Waals surface area contributed by atoms with Crippen LogP contribution in [0.4, 0.5) is 0 Å². The minimum atomic E-state index is -3.46. The minimum absolute atomic E-state index is 0.0608. The first-order valence-electron chi connectivity index (χ1n) is 4.96. The molecule has 0 saturated heterocycles. The van der Waals surface area contributed by atoms with E-state index in [4.69, 9.17) is 4.74 Å². The Morgan fingerprint density at radius 2 is 1.50 bits per heavy atom. The van der Waals surface area contributed by atoms with Crippen LogP contribution >= 0.6 is 0 Å². The van der Waals surface area contributed by atoms with Gasteiger partial charge in [0.15, 0.2) is 9.84 Å². The van der Waals surface area contributed by atoms with Gasteiger partial charge in [-0.3, -0.25) is 4.18 Å². The van der Waals surface area contributed by atoms with Gasteiger partial charge in [0.1, 0.15) is 19.0 Å². The Bertz CT molecular complexity index is 586. The van der Waals surface area contributed by atoms with Gasteiger partial charge in [0.05, 0.1) is 11.2 Å². The fourth-order valence-corrected chi connectivity index (χ4v) is 2.13. The lowest BCUT2D eigenvalue weighted by Gasteiger charge is -2.06. The second-order valence-electron chi connectivity index (χ2n) is 3.62. The third-order valence-electron chi connectivity index (χ3n) is 1.90. The maximum Gasteiger partial charge on any atom is 0.264 e. The van der Waals surface area contributed by atoms with Gasteiger partial charge in [0.25, 0.3) is 10.1 Å². The molecule has 1 aromatic rings. The molecule has 0 atom stereocenters. The van der Waals surface area contributed by atoms with Crippen molar-refractivity contribution in [2.24, 2.45) is 0 Å². The number of rotatable bonds is 6. The van der Waals surface area contributed by atoms with Gasteiger partial charge in [-0.15, -0.1) is 0 Å². The minimum Gasteiger partial charge on any atom is -0.491 e. The summed E-state index contributed by atoms with van der Waals surface area (Å²) in [5, 5.41) is 0. The highest BCUT2D eigenvalue weighted by atomic mass is 32.2. The molecule has 0 unspecified atom stereocenters. The van der Waals surface area contributed by atoms with Gasteiger partial charge in [0, 0.05) is 6.26 Å². The first kappa shape index (κ1) is 14.9. The van der Waals surface area contributed by atoms with E-state index < -0.39 is 20.0 Å². The third kappa shape index (κ3) is 5.48. The van der Waals surface area contributed by atoms with E-state index in [1.54, 1.807) is 0 Å². The van der Waals surface area contributed by atoms with Crippen LogP contribution in [-0.4, -0.2) is 42.6 Å². The highest BCUT2D eigenvalue weighted by molar-refractivity contribution is 7.90. The molecule has 0 spiro atoms. The van der Waals surface area contributed by atoms with Crippen LogP contribution in [0.15, 0.2) is 29.2 Å². The van der Waals surface area contributed by atoms with Gasteiger partial charge in [-0.25, -0.2) is 8.42 Å². The molecule has 0 amide bonds. The molecule has 0 heterocycles. The maximum absolute atomic E-state index is 11.2. The van der Waals surface area contributed by atoms with Gasteiger partial charge in [0.2, 0.25) is 0 Å². The fraction of sp³-hybridized carbons (Fsp3) is 0.400. The van der Waals surface area contributed by atoms with Crippen molar-refractivity contribution in [3.63, 3.8) is 0 Å². The predicted octanol–water partition coefficient (Wildman–Crippen LogP) is 0.445. The van der Waals surface area contributed by atoms with E-state index in [9.17, 15) is 16.8 Å². The van der Waals surface area contributed by atoms with Crippen molar-refractivity contribution in [3.8, 4) is 5.75 Å². The van der Waals surface area contributed by atoms with Crippen LogP contribution < -0.4 is 4.74 Å². The Labute approximate surface area is 107 Å². The largest absolute Gasteiger partial charge is 0.491 e. The predicted molar refractivity (Wildman–Crippen MR) is 65.8 cm³/mol. The van der Waals surface area contributed by atoms with E-state index in [0.717, 1.165) is 12.5 Å². The molecule has 0 aliphatic rings. The van der Waals surface area contributed by atoms with Crippen LogP contribution in [0.3, 0.4) is 0 Å². The van der Waals surface area contributed by atoms with E-state index in [2.05, 4.69) is 4.18 Å². The SMILES string of the molecule is CS(=O)(=O)OCCOc1ccc(S(C)(=O)=O)cc1. The van der Waals surface area contributed by atoms with Crippen molar-refractivity contribution in [1.82, 2.24) is 0 Å². The molecule has 8 heteroatoms. The quantitative estimate of drug-likeness (QED) is 0.559. The zero-order chi connectivity index (χ0) is 13.8. The summed E-state index contributed by atoms with van der Waals surface area (Å²) in [6, 6.07) is 5.83. The Balaban J connectivity index is 2.50. The average Bonchev–Trinajstić information content (AvgIpc) is 2.22.